The molecule has 0 bridgehead atoms. The quantitative estimate of drug-likeness (QED) is 0.307. The molecule has 1 rings (SSSR count). The summed E-state index contributed by atoms with van der Waals surface area (Å²) in [4.78, 5) is 11.8. The standard InChI is InChI=1S/C14H14O/c1-3-5-6-11-14(15)13-10-8-7-9-12(13)4-2/h2-3,7-10H,1,5-6,11H2. The number of rotatable bonds is 5. The maximum atomic E-state index is 11.8. The largest absolute Gasteiger partial charge is 0.294 e. The molecule has 0 fully saturated rings. The van der Waals surface area contributed by atoms with Gasteiger partial charge in [0.2, 0.25) is 0 Å². The summed E-state index contributed by atoms with van der Waals surface area (Å²) in [5.74, 6) is 2.64. The number of Topliss-reactive ketones (excluding diaryl/α,β-unsaturated/α-hetero) is 1. The first-order valence-electron chi connectivity index (χ1n) is 4.99. The van der Waals surface area contributed by atoms with Crippen LogP contribution < -0.4 is 0 Å². The summed E-state index contributed by atoms with van der Waals surface area (Å²) in [7, 11) is 0. The highest BCUT2D eigenvalue weighted by molar-refractivity contribution is 5.98. The van der Waals surface area contributed by atoms with Crippen LogP contribution >= 0.6 is 0 Å². The van der Waals surface area contributed by atoms with Crippen LogP contribution in [0, 0.1) is 12.3 Å². The second-order valence-corrected chi connectivity index (χ2v) is 3.29. The molecular weight excluding hydrogens is 184 g/mol. The summed E-state index contributed by atoms with van der Waals surface area (Å²) in [6.45, 7) is 3.62. The third-order valence-electron chi connectivity index (χ3n) is 2.20. The van der Waals surface area contributed by atoms with E-state index in [-0.39, 0.29) is 5.78 Å². The lowest BCUT2D eigenvalue weighted by molar-refractivity contribution is 0.0980. The van der Waals surface area contributed by atoms with Gasteiger partial charge in [0, 0.05) is 17.5 Å². The van der Waals surface area contributed by atoms with Crippen LogP contribution in [0.5, 0.6) is 0 Å². The van der Waals surface area contributed by atoms with Crippen molar-refractivity contribution in [2.75, 3.05) is 0 Å². The third kappa shape index (κ3) is 3.11. The van der Waals surface area contributed by atoms with E-state index in [0.717, 1.165) is 12.8 Å². The average molecular weight is 198 g/mol. The van der Waals surface area contributed by atoms with E-state index >= 15 is 0 Å². The van der Waals surface area contributed by atoms with Crippen LogP contribution in [-0.2, 0) is 0 Å². The Balaban J connectivity index is 2.74. The van der Waals surface area contributed by atoms with Gasteiger partial charge in [-0.1, -0.05) is 30.2 Å². The molecule has 0 radical (unpaired) electrons. The minimum Gasteiger partial charge on any atom is -0.294 e. The number of hydrogen-bond acceptors (Lipinski definition) is 1. The van der Waals surface area contributed by atoms with Crippen molar-refractivity contribution in [3.8, 4) is 12.3 Å². The van der Waals surface area contributed by atoms with E-state index in [1.807, 2.05) is 18.2 Å². The van der Waals surface area contributed by atoms with Crippen LogP contribution in [0.15, 0.2) is 36.9 Å². The van der Waals surface area contributed by atoms with Gasteiger partial charge in [-0.2, -0.15) is 0 Å². The van der Waals surface area contributed by atoms with Crippen molar-refractivity contribution >= 4 is 5.78 Å². The lowest BCUT2D eigenvalue weighted by Gasteiger charge is -2.02. The van der Waals surface area contributed by atoms with Gasteiger partial charge in [-0.25, -0.2) is 0 Å². The number of benzene rings is 1. The molecule has 0 N–H and O–H groups in total. The zero-order chi connectivity index (χ0) is 11.1. The van der Waals surface area contributed by atoms with Crippen molar-refractivity contribution in [1.29, 1.82) is 0 Å². The molecule has 0 aromatic heterocycles. The molecule has 0 aliphatic heterocycles. The minimum atomic E-state index is 0.116. The lowest BCUT2D eigenvalue weighted by Crippen LogP contribution is -2.01. The van der Waals surface area contributed by atoms with E-state index in [9.17, 15) is 4.79 Å². The second-order valence-electron chi connectivity index (χ2n) is 3.29. The number of allylic oxidation sites excluding steroid dienone is 1. The SMILES string of the molecule is C#Cc1ccccc1C(=O)CCCC=C. The molecule has 0 aliphatic rings. The number of terminal acetylenes is 1. The van der Waals surface area contributed by atoms with Gasteiger partial charge < -0.3 is 0 Å². The van der Waals surface area contributed by atoms with Gasteiger partial charge >= 0.3 is 0 Å². The lowest BCUT2D eigenvalue weighted by atomic mass is 10.0. The van der Waals surface area contributed by atoms with E-state index in [1.165, 1.54) is 0 Å². The Morgan fingerprint density at radius 3 is 2.87 bits per heavy atom. The molecule has 0 atom stereocenters. The molecule has 1 heteroatoms. The molecule has 0 unspecified atom stereocenters. The average Bonchev–Trinajstić information content (AvgIpc) is 2.29. The maximum absolute atomic E-state index is 11.8. The topological polar surface area (TPSA) is 17.1 Å². The van der Waals surface area contributed by atoms with Crippen LogP contribution in [0.3, 0.4) is 0 Å². The van der Waals surface area contributed by atoms with Crippen LogP contribution in [0.25, 0.3) is 0 Å². The summed E-state index contributed by atoms with van der Waals surface area (Å²) in [6, 6.07) is 7.25. The monoisotopic (exact) mass is 198 g/mol. The van der Waals surface area contributed by atoms with Crippen LogP contribution in [0.1, 0.15) is 35.2 Å². The fourth-order valence-corrected chi connectivity index (χ4v) is 1.39. The molecule has 0 aliphatic carbocycles. The van der Waals surface area contributed by atoms with E-state index in [4.69, 9.17) is 6.42 Å². The predicted molar refractivity (Wildman–Crippen MR) is 62.8 cm³/mol. The van der Waals surface area contributed by atoms with Gasteiger partial charge in [-0.3, -0.25) is 4.79 Å². The van der Waals surface area contributed by atoms with E-state index in [0.29, 0.717) is 17.5 Å². The maximum Gasteiger partial charge on any atom is 0.164 e. The minimum absolute atomic E-state index is 0.116. The van der Waals surface area contributed by atoms with E-state index in [2.05, 4.69) is 12.5 Å². The first-order valence-corrected chi connectivity index (χ1v) is 4.99. The third-order valence-corrected chi connectivity index (χ3v) is 2.20. The Bertz CT molecular complexity index is 396. The summed E-state index contributed by atoms with van der Waals surface area (Å²) in [5.41, 5.74) is 1.34. The number of carbonyl (C=O) groups excluding carboxylic acids is 1. The van der Waals surface area contributed by atoms with Crippen molar-refractivity contribution in [2.24, 2.45) is 0 Å². The molecule has 1 aromatic carbocycles. The number of carbonyl (C=O) groups is 1. The molecule has 0 heterocycles. The van der Waals surface area contributed by atoms with Gasteiger partial charge in [0.15, 0.2) is 5.78 Å². The second kappa shape index (κ2) is 5.82. The highest BCUT2D eigenvalue weighted by Gasteiger charge is 2.08. The van der Waals surface area contributed by atoms with Gasteiger partial charge in [0.1, 0.15) is 0 Å². The van der Waals surface area contributed by atoms with Gasteiger partial charge in [0.25, 0.3) is 0 Å². The molecule has 0 amide bonds. The van der Waals surface area contributed by atoms with Crippen molar-refractivity contribution in [3.05, 3.63) is 48.0 Å². The Morgan fingerprint density at radius 2 is 2.20 bits per heavy atom. The zero-order valence-corrected chi connectivity index (χ0v) is 8.70. The Morgan fingerprint density at radius 1 is 1.47 bits per heavy atom. The first kappa shape index (κ1) is 11.3. The van der Waals surface area contributed by atoms with Crippen molar-refractivity contribution in [3.63, 3.8) is 0 Å². The molecule has 0 saturated carbocycles. The summed E-state index contributed by atoms with van der Waals surface area (Å²) < 4.78 is 0. The summed E-state index contributed by atoms with van der Waals surface area (Å²) >= 11 is 0. The molecule has 76 valence electrons. The van der Waals surface area contributed by atoms with Gasteiger partial charge in [-0.15, -0.1) is 13.0 Å². The predicted octanol–water partition coefficient (Wildman–Crippen LogP) is 3.21. The molecular formula is C14H14O. The first-order chi connectivity index (χ1) is 7.29. The van der Waals surface area contributed by atoms with Crippen LogP contribution in [0.2, 0.25) is 0 Å². The molecule has 0 spiro atoms. The Kier molecular flexibility index (Phi) is 4.37. The number of unbranched alkanes of at least 4 members (excludes halogenated alkanes) is 1. The number of ketones is 1. The fraction of sp³-hybridized carbons (Fsp3) is 0.214. The molecule has 0 saturated heterocycles. The smallest absolute Gasteiger partial charge is 0.164 e. The highest BCUT2D eigenvalue weighted by atomic mass is 16.1. The normalized spacial score (nSPS) is 9.27. The van der Waals surface area contributed by atoms with E-state index < -0.39 is 0 Å². The summed E-state index contributed by atoms with van der Waals surface area (Å²) in [6.07, 6.45) is 9.38. The molecule has 1 aromatic rings. The zero-order valence-electron chi connectivity index (χ0n) is 8.70. The van der Waals surface area contributed by atoms with Crippen LogP contribution in [-0.4, -0.2) is 5.78 Å². The summed E-state index contributed by atoms with van der Waals surface area (Å²) in [5, 5.41) is 0. The Labute approximate surface area is 90.8 Å². The van der Waals surface area contributed by atoms with Crippen molar-refractivity contribution in [2.45, 2.75) is 19.3 Å². The number of hydrogen-bond donors (Lipinski definition) is 0. The van der Waals surface area contributed by atoms with Crippen molar-refractivity contribution in [1.82, 2.24) is 0 Å². The van der Waals surface area contributed by atoms with E-state index in [1.54, 1.807) is 12.1 Å². The van der Waals surface area contributed by atoms with Gasteiger partial charge in [0.05, 0.1) is 0 Å². The highest BCUT2D eigenvalue weighted by Crippen LogP contribution is 2.11. The Hall–Kier alpha value is -1.81. The molecule has 15 heavy (non-hydrogen) atoms. The fourth-order valence-electron chi connectivity index (χ4n) is 1.39. The molecule has 1 nitrogen and oxygen atoms in total. The van der Waals surface area contributed by atoms with Crippen molar-refractivity contribution < 1.29 is 4.79 Å². The van der Waals surface area contributed by atoms with Crippen LogP contribution in [0.4, 0.5) is 0 Å². The van der Waals surface area contributed by atoms with Gasteiger partial charge in [-0.05, 0) is 18.9 Å².